The first kappa shape index (κ1) is 21.2. The second kappa shape index (κ2) is 10.9. The number of aryl methyl sites for hydroxylation is 2. The minimum Gasteiger partial charge on any atom is -0.467 e. The molecular weight excluding hydrogens is 382 g/mol. The molecule has 6 nitrogen and oxygen atoms in total. The van der Waals surface area contributed by atoms with E-state index in [-0.39, 0.29) is 11.7 Å². The Bertz CT molecular complexity index is 752. The quantitative estimate of drug-likeness (QED) is 0.390. The van der Waals surface area contributed by atoms with Crippen LogP contribution < -0.4 is 5.32 Å². The molecule has 2 aromatic rings. The molecule has 27 heavy (non-hydrogen) atoms. The second-order valence-corrected chi connectivity index (χ2v) is 7.84. The third-order valence-electron chi connectivity index (χ3n) is 3.51. The molecule has 0 saturated heterocycles. The van der Waals surface area contributed by atoms with Crippen LogP contribution in [0.3, 0.4) is 0 Å². The Kier molecular flexibility index (Phi) is 8.60. The number of thioether (sulfide) groups is 2. The van der Waals surface area contributed by atoms with Gasteiger partial charge in [-0.3, -0.25) is 4.79 Å². The van der Waals surface area contributed by atoms with E-state index in [1.54, 1.807) is 11.8 Å². The lowest BCUT2D eigenvalue weighted by atomic mass is 10.2. The molecule has 0 spiro atoms. The van der Waals surface area contributed by atoms with Crippen LogP contribution in [0.15, 0.2) is 41.6 Å². The smallest absolute Gasteiger partial charge is 0.329 e. The van der Waals surface area contributed by atoms with Crippen molar-refractivity contribution in [1.82, 2.24) is 15.3 Å². The maximum absolute atomic E-state index is 12.2. The summed E-state index contributed by atoms with van der Waals surface area (Å²) in [4.78, 5) is 32.8. The summed E-state index contributed by atoms with van der Waals surface area (Å²) < 4.78 is 4.81. The van der Waals surface area contributed by atoms with E-state index in [0.29, 0.717) is 10.9 Å². The number of benzene rings is 1. The molecule has 0 radical (unpaired) electrons. The van der Waals surface area contributed by atoms with Crippen molar-refractivity contribution < 1.29 is 14.3 Å². The van der Waals surface area contributed by atoms with Crippen LogP contribution in [0.2, 0.25) is 0 Å². The summed E-state index contributed by atoms with van der Waals surface area (Å²) in [5.74, 6) is 0.641. The van der Waals surface area contributed by atoms with Gasteiger partial charge in [0.25, 0.3) is 0 Å². The molecular formula is C19H23N3O3S2. The lowest BCUT2D eigenvalue weighted by Crippen LogP contribution is -2.44. The highest BCUT2D eigenvalue weighted by molar-refractivity contribution is 7.99. The Morgan fingerprint density at radius 1 is 1.15 bits per heavy atom. The zero-order chi connectivity index (χ0) is 19.6. The van der Waals surface area contributed by atoms with Gasteiger partial charge in [-0.1, -0.05) is 42.1 Å². The zero-order valence-corrected chi connectivity index (χ0v) is 17.2. The van der Waals surface area contributed by atoms with Gasteiger partial charge < -0.3 is 10.1 Å². The molecule has 0 saturated carbocycles. The molecule has 0 aliphatic rings. The molecule has 0 aliphatic carbocycles. The second-order valence-electron chi connectivity index (χ2n) is 5.87. The number of ether oxygens (including phenoxy) is 1. The topological polar surface area (TPSA) is 81.2 Å². The molecule has 8 heteroatoms. The molecule has 1 aromatic carbocycles. The summed E-state index contributed by atoms with van der Waals surface area (Å²) in [7, 11) is 1.32. The first-order valence-corrected chi connectivity index (χ1v) is 10.6. The standard InChI is InChI=1S/C19H23N3O3S2/c1-13-9-14(2)21-19(20-13)27-12-17(23)22-16(18(24)25-3)11-26-10-15-7-5-4-6-8-15/h4-9,16H,10-12H2,1-3H3,(H,22,23)/t16-/m1/s1. The van der Waals surface area contributed by atoms with Gasteiger partial charge in [-0.05, 0) is 25.5 Å². The number of esters is 1. The van der Waals surface area contributed by atoms with Crippen LogP contribution in [0, 0.1) is 13.8 Å². The van der Waals surface area contributed by atoms with Crippen molar-refractivity contribution in [3.63, 3.8) is 0 Å². The van der Waals surface area contributed by atoms with Gasteiger partial charge in [0, 0.05) is 22.9 Å². The van der Waals surface area contributed by atoms with Crippen LogP contribution in [0.25, 0.3) is 0 Å². The van der Waals surface area contributed by atoms with Crippen molar-refractivity contribution in [3.05, 3.63) is 53.3 Å². The Labute approximate surface area is 167 Å². The van der Waals surface area contributed by atoms with E-state index in [9.17, 15) is 9.59 Å². The Morgan fingerprint density at radius 2 is 1.81 bits per heavy atom. The molecule has 0 unspecified atom stereocenters. The van der Waals surface area contributed by atoms with Crippen molar-refractivity contribution in [3.8, 4) is 0 Å². The zero-order valence-electron chi connectivity index (χ0n) is 15.6. The maximum atomic E-state index is 12.2. The molecule has 144 valence electrons. The first-order valence-electron chi connectivity index (χ1n) is 8.42. The number of methoxy groups -OCH3 is 1. The van der Waals surface area contributed by atoms with Crippen LogP contribution in [-0.2, 0) is 20.1 Å². The fraction of sp³-hybridized carbons (Fsp3) is 0.368. The third-order valence-corrected chi connectivity index (χ3v) is 5.46. The minimum atomic E-state index is -0.683. The fourth-order valence-electron chi connectivity index (χ4n) is 2.30. The van der Waals surface area contributed by atoms with Gasteiger partial charge >= 0.3 is 5.97 Å². The molecule has 0 fully saturated rings. The van der Waals surface area contributed by atoms with E-state index in [1.165, 1.54) is 24.4 Å². The van der Waals surface area contributed by atoms with Crippen molar-refractivity contribution in [1.29, 1.82) is 0 Å². The van der Waals surface area contributed by atoms with Crippen molar-refractivity contribution in [2.45, 2.75) is 30.8 Å². The number of carbonyl (C=O) groups is 2. The normalized spacial score (nSPS) is 11.7. The SMILES string of the molecule is COC(=O)[C@@H](CSCc1ccccc1)NC(=O)CSc1nc(C)cc(C)n1. The number of rotatable bonds is 9. The van der Waals surface area contributed by atoms with E-state index in [1.807, 2.05) is 50.2 Å². The molecule has 1 N–H and O–H groups in total. The largest absolute Gasteiger partial charge is 0.467 e. The van der Waals surface area contributed by atoms with Crippen molar-refractivity contribution in [2.75, 3.05) is 18.6 Å². The number of hydrogen-bond acceptors (Lipinski definition) is 7. The highest BCUT2D eigenvalue weighted by Gasteiger charge is 2.21. The lowest BCUT2D eigenvalue weighted by Gasteiger charge is -2.16. The number of carbonyl (C=O) groups excluding carboxylic acids is 2. The molecule has 0 bridgehead atoms. The number of aromatic nitrogens is 2. The van der Waals surface area contributed by atoms with E-state index < -0.39 is 12.0 Å². The van der Waals surface area contributed by atoms with E-state index in [0.717, 1.165) is 17.1 Å². The highest BCUT2D eigenvalue weighted by Crippen LogP contribution is 2.15. The molecule has 0 aliphatic heterocycles. The Morgan fingerprint density at radius 3 is 2.44 bits per heavy atom. The summed E-state index contributed by atoms with van der Waals surface area (Å²) in [6.07, 6.45) is 0. The number of hydrogen-bond donors (Lipinski definition) is 1. The van der Waals surface area contributed by atoms with E-state index >= 15 is 0 Å². The summed E-state index contributed by atoms with van der Waals surface area (Å²) >= 11 is 2.82. The van der Waals surface area contributed by atoms with Crippen LogP contribution in [0.1, 0.15) is 17.0 Å². The van der Waals surface area contributed by atoms with Gasteiger partial charge in [0.15, 0.2) is 5.16 Å². The predicted molar refractivity (Wildman–Crippen MR) is 109 cm³/mol. The van der Waals surface area contributed by atoms with Gasteiger partial charge in [-0.15, -0.1) is 0 Å². The van der Waals surface area contributed by atoms with E-state index in [4.69, 9.17) is 4.74 Å². The van der Waals surface area contributed by atoms with Gasteiger partial charge in [-0.2, -0.15) is 11.8 Å². The summed E-state index contributed by atoms with van der Waals surface area (Å²) in [6.45, 7) is 3.77. The Hall–Kier alpha value is -2.06. The average molecular weight is 406 g/mol. The molecule has 2 rings (SSSR count). The maximum Gasteiger partial charge on any atom is 0.329 e. The summed E-state index contributed by atoms with van der Waals surface area (Å²) in [5, 5.41) is 3.29. The van der Waals surface area contributed by atoms with Crippen LogP contribution >= 0.6 is 23.5 Å². The third kappa shape index (κ3) is 7.60. The van der Waals surface area contributed by atoms with Gasteiger partial charge in [0.05, 0.1) is 12.9 Å². The molecule has 1 aromatic heterocycles. The number of amides is 1. The molecule has 1 amide bonds. The fourth-order valence-corrected chi connectivity index (χ4v) is 4.07. The highest BCUT2D eigenvalue weighted by atomic mass is 32.2. The first-order chi connectivity index (χ1) is 13.0. The monoisotopic (exact) mass is 405 g/mol. The lowest BCUT2D eigenvalue weighted by molar-refractivity contribution is -0.144. The van der Waals surface area contributed by atoms with E-state index in [2.05, 4.69) is 15.3 Å². The van der Waals surface area contributed by atoms with Gasteiger partial charge in [0.1, 0.15) is 6.04 Å². The van der Waals surface area contributed by atoms with Gasteiger partial charge in [0.2, 0.25) is 5.91 Å². The predicted octanol–water partition coefficient (Wildman–Crippen LogP) is 2.78. The average Bonchev–Trinajstić information content (AvgIpc) is 2.65. The van der Waals surface area contributed by atoms with Crippen molar-refractivity contribution in [2.24, 2.45) is 0 Å². The number of nitrogens with zero attached hydrogens (tertiary/aromatic N) is 2. The Balaban J connectivity index is 1.84. The van der Waals surface area contributed by atoms with Crippen LogP contribution in [-0.4, -0.2) is 46.5 Å². The van der Waals surface area contributed by atoms with Crippen molar-refractivity contribution >= 4 is 35.4 Å². The summed E-state index contributed by atoms with van der Waals surface area (Å²) in [6, 6.07) is 11.2. The molecule has 1 heterocycles. The summed E-state index contributed by atoms with van der Waals surface area (Å²) in [5.41, 5.74) is 2.88. The van der Waals surface area contributed by atoms with Crippen LogP contribution in [0.5, 0.6) is 0 Å². The minimum absolute atomic E-state index is 0.139. The van der Waals surface area contributed by atoms with Gasteiger partial charge in [-0.25, -0.2) is 14.8 Å². The van der Waals surface area contributed by atoms with Crippen LogP contribution in [0.4, 0.5) is 0 Å². The number of nitrogens with one attached hydrogen (secondary N) is 1. The molecule has 1 atom stereocenters.